The molecule has 2 N–H and O–H groups in total. The quantitative estimate of drug-likeness (QED) is 0.823. The SMILES string of the molecule is Cc1cccc(/C=C/NC(=O)NCCc2ccc(Br)cc2)c1. The number of aryl methyl sites for hydroxylation is 1. The van der Waals surface area contributed by atoms with Gasteiger partial charge in [0.1, 0.15) is 0 Å². The molecule has 0 saturated carbocycles. The van der Waals surface area contributed by atoms with E-state index in [9.17, 15) is 4.79 Å². The Morgan fingerprint density at radius 3 is 2.68 bits per heavy atom. The van der Waals surface area contributed by atoms with Crippen molar-refractivity contribution in [3.8, 4) is 0 Å². The van der Waals surface area contributed by atoms with Gasteiger partial charge in [0.25, 0.3) is 0 Å². The van der Waals surface area contributed by atoms with Gasteiger partial charge in [-0.05, 0) is 42.7 Å². The number of hydrogen-bond acceptors (Lipinski definition) is 1. The van der Waals surface area contributed by atoms with E-state index in [1.807, 2.05) is 55.5 Å². The zero-order valence-corrected chi connectivity index (χ0v) is 14.1. The van der Waals surface area contributed by atoms with Crippen LogP contribution in [0.3, 0.4) is 0 Å². The van der Waals surface area contributed by atoms with Gasteiger partial charge in [-0.2, -0.15) is 0 Å². The molecular weight excluding hydrogens is 340 g/mol. The number of hydrogen-bond donors (Lipinski definition) is 2. The van der Waals surface area contributed by atoms with Crippen LogP contribution >= 0.6 is 15.9 Å². The first-order valence-corrected chi connectivity index (χ1v) is 7.95. The number of urea groups is 1. The highest BCUT2D eigenvalue weighted by molar-refractivity contribution is 9.10. The third kappa shape index (κ3) is 5.74. The number of carbonyl (C=O) groups is 1. The van der Waals surface area contributed by atoms with Crippen molar-refractivity contribution < 1.29 is 4.79 Å². The molecule has 4 heteroatoms. The Labute approximate surface area is 139 Å². The monoisotopic (exact) mass is 358 g/mol. The van der Waals surface area contributed by atoms with Crippen LogP contribution in [-0.2, 0) is 6.42 Å². The van der Waals surface area contributed by atoms with E-state index in [0.29, 0.717) is 6.54 Å². The molecular formula is C18H19BrN2O. The summed E-state index contributed by atoms with van der Waals surface area (Å²) < 4.78 is 1.06. The van der Waals surface area contributed by atoms with Crippen LogP contribution < -0.4 is 10.6 Å². The van der Waals surface area contributed by atoms with Gasteiger partial charge in [0.05, 0.1) is 0 Å². The maximum atomic E-state index is 11.7. The maximum Gasteiger partial charge on any atom is 0.318 e. The molecule has 22 heavy (non-hydrogen) atoms. The fourth-order valence-electron chi connectivity index (χ4n) is 2.01. The second-order valence-electron chi connectivity index (χ2n) is 5.02. The van der Waals surface area contributed by atoms with Crippen LogP contribution in [0.25, 0.3) is 6.08 Å². The van der Waals surface area contributed by atoms with Crippen molar-refractivity contribution in [2.75, 3.05) is 6.54 Å². The molecule has 0 unspecified atom stereocenters. The molecule has 0 radical (unpaired) electrons. The standard InChI is InChI=1S/C18H19BrN2O/c1-14-3-2-4-16(13-14)10-12-21-18(22)20-11-9-15-5-7-17(19)8-6-15/h2-8,10,12-13H,9,11H2,1H3,(H2,20,21,22)/b12-10+. The maximum absolute atomic E-state index is 11.7. The van der Waals surface area contributed by atoms with Gasteiger partial charge in [-0.25, -0.2) is 4.79 Å². The van der Waals surface area contributed by atoms with Crippen molar-refractivity contribution >= 4 is 28.0 Å². The fraction of sp³-hybridized carbons (Fsp3) is 0.167. The number of nitrogens with one attached hydrogen (secondary N) is 2. The van der Waals surface area contributed by atoms with E-state index in [0.717, 1.165) is 16.5 Å². The Kier molecular flexibility index (Phi) is 6.22. The van der Waals surface area contributed by atoms with Crippen molar-refractivity contribution in [3.63, 3.8) is 0 Å². The van der Waals surface area contributed by atoms with Gasteiger partial charge in [0.15, 0.2) is 0 Å². The average Bonchev–Trinajstić information content (AvgIpc) is 2.49. The van der Waals surface area contributed by atoms with Gasteiger partial charge in [0, 0.05) is 17.2 Å². The lowest BCUT2D eigenvalue weighted by Crippen LogP contribution is -2.33. The normalized spacial score (nSPS) is 10.6. The molecule has 3 nitrogen and oxygen atoms in total. The Morgan fingerprint density at radius 1 is 1.18 bits per heavy atom. The van der Waals surface area contributed by atoms with Crippen molar-refractivity contribution in [1.82, 2.24) is 10.6 Å². The highest BCUT2D eigenvalue weighted by atomic mass is 79.9. The van der Waals surface area contributed by atoms with Crippen LogP contribution in [0.5, 0.6) is 0 Å². The molecule has 0 saturated heterocycles. The molecule has 0 aliphatic carbocycles. The predicted octanol–water partition coefficient (Wildman–Crippen LogP) is 4.27. The van der Waals surface area contributed by atoms with E-state index >= 15 is 0 Å². The summed E-state index contributed by atoms with van der Waals surface area (Å²) in [7, 11) is 0. The zero-order chi connectivity index (χ0) is 15.8. The topological polar surface area (TPSA) is 41.1 Å². The van der Waals surface area contributed by atoms with Gasteiger partial charge >= 0.3 is 6.03 Å². The fourth-order valence-corrected chi connectivity index (χ4v) is 2.27. The molecule has 0 aromatic heterocycles. The van der Waals surface area contributed by atoms with Crippen molar-refractivity contribution in [2.24, 2.45) is 0 Å². The summed E-state index contributed by atoms with van der Waals surface area (Å²) >= 11 is 3.40. The zero-order valence-electron chi connectivity index (χ0n) is 12.5. The third-order valence-corrected chi connectivity index (χ3v) is 3.67. The van der Waals surface area contributed by atoms with Gasteiger partial charge < -0.3 is 10.6 Å². The Morgan fingerprint density at radius 2 is 1.95 bits per heavy atom. The van der Waals surface area contributed by atoms with Crippen LogP contribution in [0, 0.1) is 6.92 Å². The minimum Gasteiger partial charge on any atom is -0.338 e. The molecule has 114 valence electrons. The average molecular weight is 359 g/mol. The highest BCUT2D eigenvalue weighted by Crippen LogP contribution is 2.10. The van der Waals surface area contributed by atoms with Crippen molar-refractivity contribution in [2.45, 2.75) is 13.3 Å². The van der Waals surface area contributed by atoms with Gasteiger partial charge in [-0.1, -0.05) is 57.9 Å². The first kappa shape index (κ1) is 16.3. The van der Waals surface area contributed by atoms with E-state index in [2.05, 4.69) is 32.6 Å². The van der Waals surface area contributed by atoms with E-state index < -0.39 is 0 Å². The minimum atomic E-state index is -0.194. The third-order valence-electron chi connectivity index (χ3n) is 3.14. The smallest absolute Gasteiger partial charge is 0.318 e. The van der Waals surface area contributed by atoms with Crippen LogP contribution in [0.4, 0.5) is 4.79 Å². The first-order valence-electron chi connectivity index (χ1n) is 7.15. The number of benzene rings is 2. The summed E-state index contributed by atoms with van der Waals surface area (Å²) in [6.07, 6.45) is 4.34. The lowest BCUT2D eigenvalue weighted by Gasteiger charge is -2.05. The van der Waals surface area contributed by atoms with E-state index in [1.165, 1.54) is 11.1 Å². The number of carbonyl (C=O) groups excluding carboxylic acids is 1. The van der Waals surface area contributed by atoms with Crippen LogP contribution in [-0.4, -0.2) is 12.6 Å². The summed E-state index contributed by atoms with van der Waals surface area (Å²) in [6, 6.07) is 16.0. The molecule has 2 aromatic rings. The second-order valence-corrected chi connectivity index (χ2v) is 5.94. The highest BCUT2D eigenvalue weighted by Gasteiger charge is 1.97. The molecule has 2 aromatic carbocycles. The molecule has 0 heterocycles. The molecule has 2 amide bonds. The van der Waals surface area contributed by atoms with E-state index in [-0.39, 0.29) is 6.03 Å². The van der Waals surface area contributed by atoms with Gasteiger partial charge in [0.2, 0.25) is 0 Å². The molecule has 0 fully saturated rings. The largest absolute Gasteiger partial charge is 0.338 e. The van der Waals surface area contributed by atoms with Crippen LogP contribution in [0.15, 0.2) is 59.2 Å². The van der Waals surface area contributed by atoms with Crippen LogP contribution in [0.1, 0.15) is 16.7 Å². The van der Waals surface area contributed by atoms with E-state index in [1.54, 1.807) is 6.20 Å². The number of rotatable bonds is 5. The Bertz CT molecular complexity index is 650. The lowest BCUT2D eigenvalue weighted by molar-refractivity contribution is 0.244. The number of halogens is 1. The molecule has 0 aliphatic heterocycles. The molecule has 0 atom stereocenters. The summed E-state index contributed by atoms with van der Waals surface area (Å²) in [6.45, 7) is 2.64. The summed E-state index contributed by atoms with van der Waals surface area (Å²) in [4.78, 5) is 11.7. The van der Waals surface area contributed by atoms with Crippen molar-refractivity contribution in [3.05, 3.63) is 75.9 Å². The summed E-state index contributed by atoms with van der Waals surface area (Å²) in [5, 5.41) is 5.54. The Balaban J connectivity index is 1.70. The predicted molar refractivity (Wildman–Crippen MR) is 94.6 cm³/mol. The van der Waals surface area contributed by atoms with Gasteiger partial charge in [-0.3, -0.25) is 0 Å². The first-order chi connectivity index (χ1) is 10.6. The van der Waals surface area contributed by atoms with Crippen LogP contribution in [0.2, 0.25) is 0 Å². The molecule has 0 spiro atoms. The lowest BCUT2D eigenvalue weighted by atomic mass is 10.1. The van der Waals surface area contributed by atoms with Crippen molar-refractivity contribution in [1.29, 1.82) is 0 Å². The Hall–Kier alpha value is -2.07. The van der Waals surface area contributed by atoms with E-state index in [4.69, 9.17) is 0 Å². The van der Waals surface area contributed by atoms with Gasteiger partial charge in [-0.15, -0.1) is 0 Å². The molecule has 0 bridgehead atoms. The second kappa shape index (κ2) is 8.39. The molecule has 0 aliphatic rings. The summed E-state index contributed by atoms with van der Waals surface area (Å²) in [5.74, 6) is 0. The summed E-state index contributed by atoms with van der Waals surface area (Å²) in [5.41, 5.74) is 3.45. The molecule has 2 rings (SSSR count). The number of amides is 2. The minimum absolute atomic E-state index is 0.194.